The number of fused-ring (bicyclic) bond motifs is 1. The van der Waals surface area contributed by atoms with Crippen molar-refractivity contribution in [2.24, 2.45) is 7.05 Å². The molecular weight excluding hydrogens is 495 g/mol. The van der Waals surface area contributed by atoms with E-state index in [0.717, 1.165) is 34.5 Å². The molecule has 0 atom stereocenters. The molecule has 0 unspecified atom stereocenters. The van der Waals surface area contributed by atoms with Gasteiger partial charge in [-0.1, -0.05) is 18.2 Å². The number of nitrogens with zero attached hydrogens (tertiary/aromatic N) is 6. The summed E-state index contributed by atoms with van der Waals surface area (Å²) in [5, 5.41) is 8.67. The Hall–Kier alpha value is -3.42. The average molecular weight is 520 g/mol. The minimum absolute atomic E-state index is 0.0893. The fraction of sp³-hybridized carbons (Fsp3) is 0.304. The summed E-state index contributed by atoms with van der Waals surface area (Å²) >= 11 is 0. The molecule has 3 aromatic heterocycles. The smallest absolute Gasteiger partial charge is 0.366 e. The summed E-state index contributed by atoms with van der Waals surface area (Å²) in [5.74, 6) is 0. The zero-order valence-corrected chi connectivity index (χ0v) is 20.2. The largest absolute Gasteiger partial charge is 0.416 e. The van der Waals surface area contributed by atoms with Gasteiger partial charge in [-0.15, -0.1) is 0 Å². The third-order valence-corrected chi connectivity index (χ3v) is 7.75. The number of pyridine rings is 1. The number of anilines is 1. The highest BCUT2D eigenvalue weighted by Gasteiger charge is 2.30. The van der Waals surface area contributed by atoms with Gasteiger partial charge in [0.05, 0.1) is 29.2 Å². The van der Waals surface area contributed by atoms with E-state index in [0.29, 0.717) is 18.7 Å². The zero-order valence-electron chi connectivity index (χ0n) is 19.4. The van der Waals surface area contributed by atoms with Crippen LogP contribution < -0.4 is 9.62 Å². The lowest BCUT2D eigenvalue weighted by Crippen LogP contribution is -2.51. The van der Waals surface area contributed by atoms with Gasteiger partial charge >= 0.3 is 6.18 Å². The van der Waals surface area contributed by atoms with Crippen molar-refractivity contribution in [1.29, 1.82) is 0 Å². The van der Waals surface area contributed by atoms with Crippen LogP contribution in [-0.2, 0) is 30.0 Å². The molecule has 36 heavy (non-hydrogen) atoms. The molecule has 5 rings (SSSR count). The molecule has 0 spiro atoms. The summed E-state index contributed by atoms with van der Waals surface area (Å²) in [4.78, 5) is 2.09. The Balaban J connectivity index is 1.21. The van der Waals surface area contributed by atoms with Crippen molar-refractivity contribution in [3.63, 3.8) is 0 Å². The van der Waals surface area contributed by atoms with Crippen molar-refractivity contribution >= 4 is 21.4 Å². The van der Waals surface area contributed by atoms with Crippen molar-refractivity contribution < 1.29 is 21.6 Å². The third-order valence-electron chi connectivity index (χ3n) is 6.19. The Labute approximate surface area is 205 Å². The van der Waals surface area contributed by atoms with Crippen LogP contribution in [0.3, 0.4) is 0 Å². The summed E-state index contributed by atoms with van der Waals surface area (Å²) < 4.78 is 71.0. The van der Waals surface area contributed by atoms with Gasteiger partial charge in [-0.25, -0.2) is 4.52 Å². The van der Waals surface area contributed by atoms with Crippen molar-refractivity contribution in [2.75, 3.05) is 31.1 Å². The Bertz CT molecular complexity index is 1470. The van der Waals surface area contributed by atoms with Crippen LogP contribution in [-0.4, -0.2) is 58.3 Å². The number of alkyl halides is 3. The van der Waals surface area contributed by atoms with Crippen LogP contribution in [0.5, 0.6) is 0 Å². The van der Waals surface area contributed by atoms with Crippen LogP contribution in [0, 0.1) is 0 Å². The van der Waals surface area contributed by atoms with Crippen molar-refractivity contribution in [1.82, 2.24) is 28.4 Å². The summed E-state index contributed by atoms with van der Waals surface area (Å²) in [7, 11) is -1.92. The highest BCUT2D eigenvalue weighted by molar-refractivity contribution is 7.87. The Morgan fingerprint density at radius 1 is 0.917 bits per heavy atom. The molecule has 1 fully saturated rings. The van der Waals surface area contributed by atoms with Crippen LogP contribution in [0.15, 0.2) is 61.2 Å². The highest BCUT2D eigenvalue weighted by Crippen LogP contribution is 2.29. The van der Waals surface area contributed by atoms with Gasteiger partial charge in [0.25, 0.3) is 10.2 Å². The van der Waals surface area contributed by atoms with Crippen molar-refractivity contribution in [3.05, 3.63) is 72.3 Å². The van der Waals surface area contributed by atoms with Crippen LogP contribution in [0.4, 0.5) is 18.9 Å². The number of hydrogen-bond acceptors (Lipinski definition) is 5. The summed E-state index contributed by atoms with van der Waals surface area (Å²) in [6, 6.07) is 8.42. The second-order valence-corrected chi connectivity index (χ2v) is 10.3. The summed E-state index contributed by atoms with van der Waals surface area (Å²) in [6.45, 7) is 1.41. The van der Waals surface area contributed by atoms with Crippen molar-refractivity contribution in [2.45, 2.75) is 12.7 Å². The predicted octanol–water partition coefficient (Wildman–Crippen LogP) is 2.91. The van der Waals surface area contributed by atoms with Gasteiger partial charge in [0.1, 0.15) is 0 Å². The lowest BCUT2D eigenvalue weighted by atomic mass is 10.1. The number of rotatable bonds is 6. The van der Waals surface area contributed by atoms with E-state index in [9.17, 15) is 21.6 Å². The van der Waals surface area contributed by atoms with E-state index in [4.69, 9.17) is 0 Å². The third kappa shape index (κ3) is 4.94. The maximum Gasteiger partial charge on any atom is 0.416 e. The summed E-state index contributed by atoms with van der Waals surface area (Å²) in [6.07, 6.45) is 2.99. The molecule has 0 bridgehead atoms. The van der Waals surface area contributed by atoms with Gasteiger partial charge in [-0.3, -0.25) is 4.68 Å². The van der Waals surface area contributed by atoms with Crippen LogP contribution in [0.2, 0.25) is 0 Å². The van der Waals surface area contributed by atoms with Gasteiger partial charge < -0.3 is 4.90 Å². The first-order valence-corrected chi connectivity index (χ1v) is 12.7. The molecule has 13 heteroatoms. The highest BCUT2D eigenvalue weighted by atomic mass is 32.2. The quantitative estimate of drug-likeness (QED) is 0.423. The number of halogens is 3. The van der Waals surface area contributed by atoms with Gasteiger partial charge in [-0.05, 0) is 23.8 Å². The second-order valence-electron chi connectivity index (χ2n) is 8.59. The Morgan fingerprint density at radius 3 is 2.28 bits per heavy atom. The molecule has 0 aliphatic carbocycles. The van der Waals surface area contributed by atoms with Gasteiger partial charge in [-0.2, -0.15) is 40.8 Å². The first-order valence-electron chi connectivity index (χ1n) is 11.2. The normalized spacial score (nSPS) is 15.6. The van der Waals surface area contributed by atoms with Gasteiger partial charge in [0.2, 0.25) is 0 Å². The van der Waals surface area contributed by atoms with E-state index in [1.165, 1.54) is 16.4 Å². The van der Waals surface area contributed by atoms with Crippen LogP contribution in [0.25, 0.3) is 16.6 Å². The molecule has 9 nitrogen and oxygen atoms in total. The van der Waals surface area contributed by atoms with Crippen molar-refractivity contribution in [3.8, 4) is 11.1 Å². The number of benzene rings is 1. The molecule has 1 aromatic carbocycles. The molecule has 4 heterocycles. The molecule has 190 valence electrons. The minimum atomic E-state index is -4.43. The molecule has 0 amide bonds. The topological polar surface area (TPSA) is 87.8 Å². The second kappa shape index (κ2) is 9.22. The minimum Gasteiger partial charge on any atom is -0.366 e. The fourth-order valence-electron chi connectivity index (χ4n) is 4.20. The molecular formula is C23H24F3N7O2S. The molecule has 1 saturated heterocycles. The number of piperazine rings is 1. The van der Waals surface area contributed by atoms with E-state index in [1.54, 1.807) is 21.6 Å². The standard InChI is InChI=1S/C23H24F3N7O2S/c1-30-15-19(13-27-30)18-4-7-21-22(14-28-33(21)16-18)31-8-10-32(11-9-31)36(34,35)29-12-17-2-5-20(6-3-17)23(24,25)26/h2-7,13-16,29H,8-12H2,1H3. The van der Waals surface area contributed by atoms with E-state index < -0.39 is 21.9 Å². The summed E-state index contributed by atoms with van der Waals surface area (Å²) in [5.41, 5.74) is 3.48. The number of aryl methyl sites for hydroxylation is 1. The SMILES string of the molecule is Cn1cc(-c2ccc3c(N4CCN(S(=O)(=O)NCc5ccc(C(F)(F)F)cc5)CC4)cnn3c2)cn1. The first kappa shape index (κ1) is 24.3. The van der Waals surface area contributed by atoms with Gasteiger partial charge in [0, 0.05) is 63.3 Å². The zero-order chi connectivity index (χ0) is 25.5. The van der Waals surface area contributed by atoms with E-state index in [2.05, 4.69) is 19.8 Å². The molecule has 4 aromatic rings. The van der Waals surface area contributed by atoms with Gasteiger partial charge in [0.15, 0.2) is 0 Å². The van der Waals surface area contributed by atoms with E-state index in [1.807, 2.05) is 31.6 Å². The first-order chi connectivity index (χ1) is 17.1. The lowest BCUT2D eigenvalue weighted by molar-refractivity contribution is -0.137. The lowest BCUT2D eigenvalue weighted by Gasteiger charge is -2.34. The predicted molar refractivity (Wildman–Crippen MR) is 128 cm³/mol. The Kier molecular flexibility index (Phi) is 6.22. The molecule has 1 aliphatic heterocycles. The molecule has 1 N–H and O–H groups in total. The number of hydrogen-bond donors (Lipinski definition) is 1. The van der Waals surface area contributed by atoms with E-state index in [-0.39, 0.29) is 19.6 Å². The molecule has 0 saturated carbocycles. The molecule has 0 radical (unpaired) electrons. The van der Waals surface area contributed by atoms with Crippen LogP contribution in [0.1, 0.15) is 11.1 Å². The average Bonchev–Trinajstić information content (AvgIpc) is 3.48. The number of nitrogens with one attached hydrogen (secondary N) is 1. The number of aromatic nitrogens is 4. The van der Waals surface area contributed by atoms with Crippen LogP contribution >= 0.6 is 0 Å². The maximum absolute atomic E-state index is 12.8. The Morgan fingerprint density at radius 2 is 1.64 bits per heavy atom. The fourth-order valence-corrected chi connectivity index (χ4v) is 5.38. The monoisotopic (exact) mass is 519 g/mol. The molecule has 1 aliphatic rings. The van der Waals surface area contributed by atoms with E-state index >= 15 is 0 Å². The maximum atomic E-state index is 12.8.